The normalized spacial score (nSPS) is 13.6. The zero-order valence-electron chi connectivity index (χ0n) is 15.5. The number of nitrogens with one attached hydrogen (secondary N) is 2. The topological polar surface area (TPSA) is 101 Å². The molecule has 0 saturated carbocycles. The zero-order chi connectivity index (χ0) is 20.1. The summed E-state index contributed by atoms with van der Waals surface area (Å²) < 4.78 is 0. The van der Waals surface area contributed by atoms with Crippen LogP contribution in [0.5, 0.6) is 0 Å². The Balaban J connectivity index is 1.78. The minimum Gasteiger partial charge on any atom is -0.355 e. The van der Waals surface area contributed by atoms with Crippen LogP contribution >= 0.6 is 11.3 Å². The average molecular weight is 399 g/mol. The van der Waals surface area contributed by atoms with Gasteiger partial charge in [0.1, 0.15) is 5.00 Å². The van der Waals surface area contributed by atoms with Gasteiger partial charge < -0.3 is 10.6 Å². The molecule has 1 aromatic heterocycles. The van der Waals surface area contributed by atoms with E-state index in [-0.39, 0.29) is 17.5 Å². The molecule has 0 bridgehead atoms. The van der Waals surface area contributed by atoms with Crippen molar-refractivity contribution >= 4 is 39.9 Å². The molecular formula is C20H21N3O4S. The fourth-order valence-corrected chi connectivity index (χ4v) is 4.52. The number of carbonyl (C=O) groups is 2. The van der Waals surface area contributed by atoms with Gasteiger partial charge in [-0.05, 0) is 55.0 Å². The van der Waals surface area contributed by atoms with Crippen molar-refractivity contribution in [1.29, 1.82) is 0 Å². The zero-order valence-corrected chi connectivity index (χ0v) is 16.3. The lowest BCUT2D eigenvalue weighted by atomic mass is 10.0. The minimum absolute atomic E-state index is 0.00286. The van der Waals surface area contributed by atoms with Gasteiger partial charge in [-0.15, -0.1) is 11.3 Å². The molecule has 0 atom stereocenters. The van der Waals surface area contributed by atoms with E-state index in [1.54, 1.807) is 25.3 Å². The van der Waals surface area contributed by atoms with Crippen LogP contribution in [0, 0.1) is 10.1 Å². The van der Waals surface area contributed by atoms with Gasteiger partial charge in [-0.2, -0.15) is 0 Å². The summed E-state index contributed by atoms with van der Waals surface area (Å²) in [6.07, 6.45) is 8.00. The summed E-state index contributed by atoms with van der Waals surface area (Å²) in [6, 6.07) is 5.92. The summed E-state index contributed by atoms with van der Waals surface area (Å²) in [4.78, 5) is 36.2. The SMILES string of the molecule is CNC(=O)c1c(NC(=O)/C=C\c2ccc([N+](=O)[O-])cc2)sc2c1CCCCC2. The number of rotatable bonds is 5. The number of nitro benzene ring substituents is 1. The van der Waals surface area contributed by atoms with E-state index in [2.05, 4.69) is 10.6 Å². The second kappa shape index (κ2) is 8.79. The van der Waals surface area contributed by atoms with E-state index in [0.717, 1.165) is 37.7 Å². The van der Waals surface area contributed by atoms with E-state index in [0.29, 0.717) is 16.1 Å². The number of benzene rings is 1. The van der Waals surface area contributed by atoms with Gasteiger partial charge in [0, 0.05) is 30.1 Å². The molecular weight excluding hydrogens is 378 g/mol. The number of thiophene rings is 1. The first kappa shape index (κ1) is 19.8. The molecule has 0 saturated heterocycles. The summed E-state index contributed by atoms with van der Waals surface area (Å²) in [6.45, 7) is 0. The van der Waals surface area contributed by atoms with Gasteiger partial charge in [-0.1, -0.05) is 6.42 Å². The standard InChI is InChI=1S/C20H21N3O4S/c1-21-19(25)18-15-5-3-2-4-6-16(15)28-20(18)22-17(24)12-9-13-7-10-14(11-8-13)23(26)27/h7-12H,2-6H2,1H3,(H,21,25)(H,22,24)/b12-9-. The highest BCUT2D eigenvalue weighted by Crippen LogP contribution is 2.37. The number of nitrogens with zero attached hydrogens (tertiary/aromatic N) is 1. The Kier molecular flexibility index (Phi) is 6.20. The van der Waals surface area contributed by atoms with Gasteiger partial charge in [0.25, 0.3) is 11.6 Å². The van der Waals surface area contributed by atoms with E-state index in [4.69, 9.17) is 0 Å². The Hall–Kier alpha value is -3.00. The van der Waals surface area contributed by atoms with Gasteiger partial charge in [-0.25, -0.2) is 0 Å². The van der Waals surface area contributed by atoms with Crippen LogP contribution in [0.1, 0.15) is 45.6 Å². The molecule has 0 spiro atoms. The lowest BCUT2D eigenvalue weighted by Gasteiger charge is -2.06. The van der Waals surface area contributed by atoms with E-state index < -0.39 is 4.92 Å². The summed E-state index contributed by atoms with van der Waals surface area (Å²) in [7, 11) is 1.59. The summed E-state index contributed by atoms with van der Waals surface area (Å²) in [5.74, 6) is -0.533. The molecule has 0 aliphatic heterocycles. The maximum Gasteiger partial charge on any atom is 0.269 e. The van der Waals surface area contributed by atoms with Crippen molar-refractivity contribution in [3.63, 3.8) is 0 Å². The van der Waals surface area contributed by atoms with E-state index >= 15 is 0 Å². The molecule has 7 nitrogen and oxygen atoms in total. The molecule has 0 unspecified atom stereocenters. The lowest BCUT2D eigenvalue weighted by molar-refractivity contribution is -0.384. The van der Waals surface area contributed by atoms with Crippen molar-refractivity contribution in [3.05, 3.63) is 62.0 Å². The van der Waals surface area contributed by atoms with Crippen LogP contribution in [0.4, 0.5) is 10.7 Å². The summed E-state index contributed by atoms with van der Waals surface area (Å²) >= 11 is 1.47. The number of anilines is 1. The second-order valence-electron chi connectivity index (χ2n) is 6.52. The minimum atomic E-state index is -0.471. The fourth-order valence-electron chi connectivity index (χ4n) is 3.23. The average Bonchev–Trinajstić information content (AvgIpc) is 2.86. The summed E-state index contributed by atoms with van der Waals surface area (Å²) in [5, 5.41) is 16.8. The number of fused-ring (bicyclic) bond motifs is 1. The molecule has 8 heteroatoms. The number of carbonyl (C=O) groups excluding carboxylic acids is 2. The Bertz CT molecular complexity index is 932. The van der Waals surface area contributed by atoms with Crippen LogP contribution in [0.3, 0.4) is 0 Å². The Morgan fingerprint density at radius 2 is 1.86 bits per heavy atom. The molecule has 2 amide bonds. The number of non-ortho nitro benzene ring substituents is 1. The third kappa shape index (κ3) is 4.45. The highest BCUT2D eigenvalue weighted by Gasteiger charge is 2.24. The van der Waals surface area contributed by atoms with Crippen LogP contribution in [0.2, 0.25) is 0 Å². The van der Waals surface area contributed by atoms with E-state index in [1.807, 2.05) is 0 Å². The van der Waals surface area contributed by atoms with Crippen LogP contribution in [0.25, 0.3) is 6.08 Å². The predicted molar refractivity (Wildman–Crippen MR) is 110 cm³/mol. The van der Waals surface area contributed by atoms with E-state index in [1.165, 1.54) is 34.4 Å². The number of nitro groups is 1. The summed E-state index contributed by atoms with van der Waals surface area (Å²) in [5.41, 5.74) is 2.30. The number of hydrogen-bond donors (Lipinski definition) is 2. The van der Waals surface area contributed by atoms with Crippen molar-refractivity contribution in [1.82, 2.24) is 5.32 Å². The number of amides is 2. The van der Waals surface area contributed by atoms with Crippen molar-refractivity contribution in [2.45, 2.75) is 32.1 Å². The Morgan fingerprint density at radius 1 is 1.14 bits per heavy atom. The van der Waals surface area contributed by atoms with Crippen LogP contribution < -0.4 is 10.6 Å². The molecule has 2 aromatic rings. The maximum atomic E-state index is 12.4. The highest BCUT2D eigenvalue weighted by atomic mass is 32.1. The molecule has 1 aliphatic rings. The van der Waals surface area contributed by atoms with Crippen molar-refractivity contribution in [2.24, 2.45) is 0 Å². The fraction of sp³-hybridized carbons (Fsp3) is 0.300. The third-order valence-corrected chi connectivity index (χ3v) is 5.85. The van der Waals surface area contributed by atoms with Gasteiger partial charge in [-0.3, -0.25) is 19.7 Å². The largest absolute Gasteiger partial charge is 0.355 e. The molecule has 1 aromatic carbocycles. The Labute approximate surface area is 166 Å². The van der Waals surface area contributed by atoms with Crippen molar-refractivity contribution in [3.8, 4) is 0 Å². The van der Waals surface area contributed by atoms with Crippen LogP contribution in [-0.2, 0) is 17.6 Å². The monoisotopic (exact) mass is 399 g/mol. The molecule has 28 heavy (non-hydrogen) atoms. The number of hydrogen-bond acceptors (Lipinski definition) is 5. The molecule has 146 valence electrons. The quantitative estimate of drug-likeness (QED) is 0.344. The Morgan fingerprint density at radius 3 is 2.54 bits per heavy atom. The third-order valence-electron chi connectivity index (χ3n) is 4.64. The van der Waals surface area contributed by atoms with Gasteiger partial charge in [0.2, 0.25) is 5.91 Å². The highest BCUT2D eigenvalue weighted by molar-refractivity contribution is 7.17. The second-order valence-corrected chi connectivity index (χ2v) is 7.62. The predicted octanol–water partition coefficient (Wildman–Crippen LogP) is 3.94. The van der Waals surface area contributed by atoms with Crippen LogP contribution in [0.15, 0.2) is 30.3 Å². The molecule has 0 fully saturated rings. The molecule has 1 heterocycles. The first-order valence-corrected chi connectivity index (χ1v) is 9.91. The lowest BCUT2D eigenvalue weighted by Crippen LogP contribution is -2.21. The smallest absolute Gasteiger partial charge is 0.269 e. The maximum absolute atomic E-state index is 12.4. The van der Waals surface area contributed by atoms with Crippen molar-refractivity contribution in [2.75, 3.05) is 12.4 Å². The first-order chi connectivity index (χ1) is 13.5. The molecule has 0 radical (unpaired) electrons. The molecule has 3 rings (SSSR count). The van der Waals surface area contributed by atoms with Crippen molar-refractivity contribution < 1.29 is 14.5 Å². The van der Waals surface area contributed by atoms with Gasteiger partial charge >= 0.3 is 0 Å². The molecule has 2 N–H and O–H groups in total. The van der Waals surface area contributed by atoms with Gasteiger partial charge in [0.05, 0.1) is 10.5 Å². The number of aryl methyl sites for hydroxylation is 1. The first-order valence-electron chi connectivity index (χ1n) is 9.09. The van der Waals surface area contributed by atoms with Crippen LogP contribution in [-0.4, -0.2) is 23.8 Å². The molecule has 1 aliphatic carbocycles. The van der Waals surface area contributed by atoms with E-state index in [9.17, 15) is 19.7 Å². The van der Waals surface area contributed by atoms with Gasteiger partial charge in [0.15, 0.2) is 0 Å².